The number of amides is 1. The fourth-order valence-electron chi connectivity index (χ4n) is 2.03. The van der Waals surface area contributed by atoms with Crippen molar-refractivity contribution in [2.24, 2.45) is 5.73 Å². The molecule has 1 amide bonds. The van der Waals surface area contributed by atoms with Crippen molar-refractivity contribution in [2.45, 2.75) is 6.04 Å². The number of rotatable bonds is 5. The second-order valence-electron chi connectivity index (χ2n) is 4.41. The minimum Gasteiger partial charge on any atom is -0.497 e. The normalized spacial score (nSPS) is 11.2. The van der Waals surface area contributed by atoms with Crippen LogP contribution in [-0.2, 0) is 4.79 Å². The molecule has 2 aromatic rings. The van der Waals surface area contributed by atoms with Crippen molar-refractivity contribution in [3.05, 3.63) is 59.7 Å². The zero-order valence-corrected chi connectivity index (χ0v) is 11.5. The van der Waals surface area contributed by atoms with Crippen LogP contribution < -0.4 is 15.8 Å². The number of methoxy groups -OCH3 is 1. The highest BCUT2D eigenvalue weighted by Gasteiger charge is 2.20. The molecule has 0 aliphatic rings. The minimum absolute atomic E-state index is 0.414. The first-order valence-corrected chi connectivity index (χ1v) is 6.34. The molecule has 0 aliphatic heterocycles. The molecule has 0 bridgehead atoms. The van der Waals surface area contributed by atoms with Crippen molar-refractivity contribution in [2.75, 3.05) is 12.4 Å². The number of ether oxygens (including phenoxy) is 1. The molecule has 0 saturated heterocycles. The molecule has 0 saturated carbocycles. The Hall–Kier alpha value is -3.00. The molecule has 0 fully saturated rings. The van der Waals surface area contributed by atoms with Gasteiger partial charge in [-0.2, -0.15) is 5.26 Å². The molecule has 0 radical (unpaired) electrons. The standard InChI is InChI=1S/C16H15N3O2/c1-21-13-7-4-6-12(9-13)19-15(16(18)20)14-8-3-2-5-11(14)10-17/h2-9,15,19H,1H3,(H2,18,20). The molecule has 106 valence electrons. The van der Waals surface area contributed by atoms with Gasteiger partial charge >= 0.3 is 0 Å². The number of anilines is 1. The Balaban J connectivity index is 2.36. The lowest BCUT2D eigenvalue weighted by molar-refractivity contribution is -0.118. The van der Waals surface area contributed by atoms with E-state index < -0.39 is 11.9 Å². The lowest BCUT2D eigenvalue weighted by Crippen LogP contribution is -2.28. The summed E-state index contributed by atoms with van der Waals surface area (Å²) < 4.78 is 5.14. The maximum atomic E-state index is 11.7. The van der Waals surface area contributed by atoms with Crippen LogP contribution in [0.25, 0.3) is 0 Å². The van der Waals surface area contributed by atoms with Crippen molar-refractivity contribution >= 4 is 11.6 Å². The molecule has 0 aliphatic carbocycles. The number of primary amides is 1. The van der Waals surface area contributed by atoms with Crippen LogP contribution in [0.15, 0.2) is 48.5 Å². The molecule has 3 N–H and O–H groups in total. The predicted molar refractivity (Wildman–Crippen MR) is 79.7 cm³/mol. The Morgan fingerprint density at radius 1 is 1.29 bits per heavy atom. The Kier molecular flexibility index (Phi) is 4.42. The highest BCUT2D eigenvalue weighted by Crippen LogP contribution is 2.24. The molecule has 0 heterocycles. The molecule has 2 rings (SSSR count). The van der Waals surface area contributed by atoms with E-state index in [9.17, 15) is 4.79 Å². The molecule has 5 heteroatoms. The van der Waals surface area contributed by atoms with Crippen molar-refractivity contribution < 1.29 is 9.53 Å². The first kappa shape index (κ1) is 14.4. The van der Waals surface area contributed by atoms with E-state index in [1.165, 1.54) is 0 Å². The molecule has 21 heavy (non-hydrogen) atoms. The third kappa shape index (κ3) is 3.31. The number of carbonyl (C=O) groups is 1. The van der Waals surface area contributed by atoms with Crippen LogP contribution in [-0.4, -0.2) is 13.0 Å². The van der Waals surface area contributed by atoms with E-state index in [2.05, 4.69) is 11.4 Å². The van der Waals surface area contributed by atoms with E-state index >= 15 is 0 Å². The van der Waals surface area contributed by atoms with E-state index in [0.29, 0.717) is 22.6 Å². The predicted octanol–water partition coefficient (Wildman–Crippen LogP) is 2.21. The van der Waals surface area contributed by atoms with Gasteiger partial charge in [0.1, 0.15) is 11.8 Å². The zero-order chi connectivity index (χ0) is 15.2. The average molecular weight is 281 g/mol. The third-order valence-electron chi connectivity index (χ3n) is 3.06. The van der Waals surface area contributed by atoms with Gasteiger partial charge in [0.05, 0.1) is 18.7 Å². The quantitative estimate of drug-likeness (QED) is 0.879. The molecule has 1 unspecified atom stereocenters. The first-order chi connectivity index (χ1) is 10.2. The maximum Gasteiger partial charge on any atom is 0.244 e. The Labute approximate surface area is 123 Å². The summed E-state index contributed by atoms with van der Waals surface area (Å²) in [6.07, 6.45) is 0. The van der Waals surface area contributed by atoms with Gasteiger partial charge in [0.2, 0.25) is 5.91 Å². The summed E-state index contributed by atoms with van der Waals surface area (Å²) in [5.74, 6) is 0.109. The topological polar surface area (TPSA) is 88.1 Å². The monoisotopic (exact) mass is 281 g/mol. The van der Waals surface area contributed by atoms with Crippen molar-refractivity contribution in [1.82, 2.24) is 0 Å². The summed E-state index contributed by atoms with van der Waals surface area (Å²) in [4.78, 5) is 11.7. The van der Waals surface area contributed by atoms with E-state index in [-0.39, 0.29) is 0 Å². The Morgan fingerprint density at radius 3 is 2.71 bits per heavy atom. The van der Waals surface area contributed by atoms with Crippen molar-refractivity contribution in [3.63, 3.8) is 0 Å². The minimum atomic E-state index is -0.784. The lowest BCUT2D eigenvalue weighted by atomic mass is 10.00. The second kappa shape index (κ2) is 6.44. The fourth-order valence-corrected chi connectivity index (χ4v) is 2.03. The van der Waals surface area contributed by atoms with Gasteiger partial charge in [-0.1, -0.05) is 24.3 Å². The number of nitrogens with one attached hydrogen (secondary N) is 1. The van der Waals surface area contributed by atoms with E-state index in [4.69, 9.17) is 15.7 Å². The Morgan fingerprint density at radius 2 is 2.05 bits per heavy atom. The van der Waals surface area contributed by atoms with Gasteiger partial charge in [0, 0.05) is 17.3 Å². The summed E-state index contributed by atoms with van der Waals surface area (Å²) in [5.41, 5.74) is 7.12. The summed E-state index contributed by atoms with van der Waals surface area (Å²) in [5, 5.41) is 12.2. The van der Waals surface area contributed by atoms with Crippen molar-refractivity contribution in [1.29, 1.82) is 5.26 Å². The summed E-state index contributed by atoms with van der Waals surface area (Å²) >= 11 is 0. The summed E-state index contributed by atoms with van der Waals surface area (Å²) in [7, 11) is 1.57. The molecular weight excluding hydrogens is 266 g/mol. The molecule has 1 atom stereocenters. The second-order valence-corrected chi connectivity index (χ2v) is 4.41. The van der Waals surface area contributed by atoms with Gasteiger partial charge < -0.3 is 15.8 Å². The zero-order valence-electron chi connectivity index (χ0n) is 11.5. The number of nitrogens with zero attached hydrogens (tertiary/aromatic N) is 1. The maximum absolute atomic E-state index is 11.7. The van der Waals surface area contributed by atoms with Crippen LogP contribution in [0, 0.1) is 11.3 Å². The van der Waals surface area contributed by atoms with Crippen LogP contribution in [0.2, 0.25) is 0 Å². The molecule has 2 aromatic carbocycles. The van der Waals surface area contributed by atoms with Crippen LogP contribution in [0.5, 0.6) is 5.75 Å². The summed E-state index contributed by atoms with van der Waals surface area (Å²) in [6.45, 7) is 0. The molecule has 5 nitrogen and oxygen atoms in total. The SMILES string of the molecule is COc1cccc(NC(C(N)=O)c2ccccc2C#N)c1. The highest BCUT2D eigenvalue weighted by molar-refractivity contribution is 5.85. The smallest absolute Gasteiger partial charge is 0.244 e. The number of nitrogens with two attached hydrogens (primary N) is 1. The molecule has 0 aromatic heterocycles. The fraction of sp³-hybridized carbons (Fsp3) is 0.125. The van der Waals surface area contributed by atoms with Gasteiger partial charge in [0.15, 0.2) is 0 Å². The van der Waals surface area contributed by atoms with Gasteiger partial charge in [-0.3, -0.25) is 4.79 Å². The van der Waals surface area contributed by atoms with E-state index in [0.717, 1.165) is 0 Å². The average Bonchev–Trinajstić information content (AvgIpc) is 2.52. The lowest BCUT2D eigenvalue weighted by Gasteiger charge is -2.18. The van der Waals surface area contributed by atoms with Crippen molar-refractivity contribution in [3.8, 4) is 11.8 Å². The number of benzene rings is 2. The largest absolute Gasteiger partial charge is 0.497 e. The summed E-state index contributed by atoms with van der Waals surface area (Å²) in [6, 6.07) is 15.3. The van der Waals surface area contributed by atoms with E-state index in [1.54, 1.807) is 55.6 Å². The third-order valence-corrected chi connectivity index (χ3v) is 3.06. The first-order valence-electron chi connectivity index (χ1n) is 6.34. The van der Waals surface area contributed by atoms with Gasteiger partial charge in [-0.15, -0.1) is 0 Å². The van der Waals surface area contributed by atoms with Crippen LogP contribution in [0.3, 0.4) is 0 Å². The van der Waals surface area contributed by atoms with Crippen LogP contribution >= 0.6 is 0 Å². The highest BCUT2D eigenvalue weighted by atomic mass is 16.5. The van der Waals surface area contributed by atoms with Crippen LogP contribution in [0.1, 0.15) is 17.2 Å². The molecular formula is C16H15N3O2. The van der Waals surface area contributed by atoms with Gasteiger partial charge in [0.25, 0.3) is 0 Å². The van der Waals surface area contributed by atoms with Gasteiger partial charge in [-0.25, -0.2) is 0 Å². The van der Waals surface area contributed by atoms with E-state index in [1.807, 2.05) is 0 Å². The van der Waals surface area contributed by atoms with Gasteiger partial charge in [-0.05, 0) is 18.2 Å². The number of nitriles is 1. The van der Waals surface area contributed by atoms with Crippen LogP contribution in [0.4, 0.5) is 5.69 Å². The molecule has 0 spiro atoms. The number of carbonyl (C=O) groups excluding carboxylic acids is 1. The Bertz CT molecular complexity index is 692. The number of hydrogen-bond acceptors (Lipinski definition) is 4. The number of hydrogen-bond donors (Lipinski definition) is 2.